The van der Waals surface area contributed by atoms with Crippen molar-refractivity contribution in [3.05, 3.63) is 91.9 Å². The number of hydrogen-bond acceptors (Lipinski definition) is 4. The minimum absolute atomic E-state index is 0.133. The lowest BCUT2D eigenvalue weighted by Gasteiger charge is -2.28. The van der Waals surface area contributed by atoms with Gasteiger partial charge in [-0.2, -0.15) is 13.2 Å². The van der Waals surface area contributed by atoms with E-state index < -0.39 is 11.7 Å². The molecule has 0 radical (unpaired) electrons. The van der Waals surface area contributed by atoms with Gasteiger partial charge in [-0.1, -0.05) is 23.7 Å². The molecule has 1 aliphatic rings. The fraction of sp³-hybridized carbons (Fsp3) is 0.261. The van der Waals surface area contributed by atoms with Gasteiger partial charge in [0.25, 0.3) is 11.5 Å². The highest BCUT2D eigenvalue weighted by molar-refractivity contribution is 6.30. The van der Waals surface area contributed by atoms with Gasteiger partial charge in [-0.15, -0.1) is 0 Å². The second kappa shape index (κ2) is 8.90. The fourth-order valence-electron chi connectivity index (χ4n) is 3.69. The lowest BCUT2D eigenvalue weighted by molar-refractivity contribution is -0.137. The first-order valence-corrected chi connectivity index (χ1v) is 10.6. The zero-order chi connectivity index (χ0) is 23.8. The van der Waals surface area contributed by atoms with Gasteiger partial charge in [-0.05, 0) is 48.9 Å². The summed E-state index contributed by atoms with van der Waals surface area (Å²) in [6.07, 6.45) is -3.99. The molecule has 3 aromatic rings. The first-order chi connectivity index (χ1) is 15.6. The number of fused-ring (bicyclic) bond motifs is 1. The number of alkyl halides is 3. The van der Waals surface area contributed by atoms with Crippen molar-refractivity contribution in [1.82, 2.24) is 14.9 Å². The number of carbonyl (C=O) groups excluding carboxylic acids is 1. The van der Waals surface area contributed by atoms with Crippen LogP contribution in [0.4, 0.5) is 19.1 Å². The molecule has 0 fully saturated rings. The molecule has 2 aromatic carbocycles. The first kappa shape index (κ1) is 22.8. The van der Waals surface area contributed by atoms with Gasteiger partial charge in [-0.3, -0.25) is 14.6 Å². The molecule has 2 N–H and O–H groups in total. The minimum atomic E-state index is -4.40. The van der Waals surface area contributed by atoms with Crippen molar-refractivity contribution < 1.29 is 18.0 Å². The van der Waals surface area contributed by atoms with Crippen molar-refractivity contribution in [3.63, 3.8) is 0 Å². The summed E-state index contributed by atoms with van der Waals surface area (Å²) < 4.78 is 38.3. The first-order valence-electron chi connectivity index (χ1n) is 10.2. The van der Waals surface area contributed by atoms with Gasteiger partial charge in [0.15, 0.2) is 0 Å². The summed E-state index contributed by atoms with van der Waals surface area (Å²) in [5.41, 5.74) is 1.00. The van der Waals surface area contributed by atoms with Crippen molar-refractivity contribution >= 4 is 23.5 Å². The number of H-pyrrole nitrogens is 1. The molecule has 1 aromatic heterocycles. The molecular weight excluding hydrogens is 457 g/mol. The van der Waals surface area contributed by atoms with Crippen LogP contribution in [0, 0.1) is 0 Å². The lowest BCUT2D eigenvalue weighted by Crippen LogP contribution is -2.39. The van der Waals surface area contributed by atoms with Gasteiger partial charge >= 0.3 is 6.18 Å². The molecular formula is C23H20ClF3N4O2. The van der Waals surface area contributed by atoms with Crippen LogP contribution in [0.3, 0.4) is 0 Å². The third kappa shape index (κ3) is 5.03. The van der Waals surface area contributed by atoms with E-state index in [4.69, 9.17) is 11.6 Å². The van der Waals surface area contributed by atoms with Gasteiger partial charge < -0.3 is 10.2 Å². The summed E-state index contributed by atoms with van der Waals surface area (Å²) in [7, 11) is 0. The number of nitrogens with zero attached hydrogens (tertiary/aromatic N) is 2. The Morgan fingerprint density at radius 3 is 2.45 bits per heavy atom. The van der Waals surface area contributed by atoms with Crippen LogP contribution in [0.25, 0.3) is 0 Å². The standard InChI is InChI=1S/C23H20ClF3N4O2/c1-13(14-2-6-16(7-3-14)23(25,26)27)28-22-29-19-10-11-31(12-18(19)20(32)30-22)21(33)15-4-8-17(24)9-5-15/h2-9,13H,10-12H2,1H3,(H2,28,29,30,32)/t13-/m0/s1. The highest BCUT2D eigenvalue weighted by Gasteiger charge is 2.30. The second-order valence-electron chi connectivity index (χ2n) is 7.81. The number of halogens is 4. The molecule has 6 nitrogen and oxygen atoms in total. The highest BCUT2D eigenvalue weighted by atomic mass is 35.5. The largest absolute Gasteiger partial charge is 0.416 e. The van der Waals surface area contributed by atoms with E-state index in [0.29, 0.717) is 40.4 Å². The maximum atomic E-state index is 12.8. The summed E-state index contributed by atoms with van der Waals surface area (Å²) in [5.74, 6) is 0.0264. The molecule has 0 bridgehead atoms. The molecule has 0 saturated carbocycles. The maximum absolute atomic E-state index is 12.8. The van der Waals surface area contributed by atoms with Gasteiger partial charge in [0.2, 0.25) is 5.95 Å². The van der Waals surface area contributed by atoms with Crippen LogP contribution in [0.15, 0.2) is 53.3 Å². The van der Waals surface area contributed by atoms with Crippen molar-refractivity contribution in [1.29, 1.82) is 0 Å². The molecule has 2 heterocycles. The molecule has 0 unspecified atom stereocenters. The SMILES string of the molecule is C[C@H](Nc1nc2c(c(=O)[nH]1)CN(C(=O)c1ccc(Cl)cc1)CC2)c1ccc(C(F)(F)F)cc1. The highest BCUT2D eigenvalue weighted by Crippen LogP contribution is 2.30. The Balaban J connectivity index is 1.48. The molecule has 1 aliphatic heterocycles. The topological polar surface area (TPSA) is 78.1 Å². The molecule has 33 heavy (non-hydrogen) atoms. The third-order valence-electron chi connectivity index (χ3n) is 5.54. The number of rotatable bonds is 4. The number of benzene rings is 2. The number of anilines is 1. The Morgan fingerprint density at radius 2 is 1.82 bits per heavy atom. The summed E-state index contributed by atoms with van der Waals surface area (Å²) >= 11 is 5.87. The Bertz CT molecular complexity index is 1220. The molecule has 1 atom stereocenters. The van der Waals surface area contributed by atoms with Crippen molar-refractivity contribution in [2.75, 3.05) is 11.9 Å². The van der Waals surface area contributed by atoms with Crippen LogP contribution < -0.4 is 10.9 Å². The Morgan fingerprint density at radius 1 is 1.15 bits per heavy atom. The van der Waals surface area contributed by atoms with Crippen molar-refractivity contribution in [3.8, 4) is 0 Å². The molecule has 0 saturated heterocycles. The zero-order valence-electron chi connectivity index (χ0n) is 17.5. The number of hydrogen-bond donors (Lipinski definition) is 2. The third-order valence-corrected chi connectivity index (χ3v) is 5.79. The number of amides is 1. The number of nitrogens with one attached hydrogen (secondary N) is 2. The molecule has 0 aliphatic carbocycles. The maximum Gasteiger partial charge on any atom is 0.416 e. The Hall–Kier alpha value is -3.33. The lowest BCUT2D eigenvalue weighted by atomic mass is 10.1. The Labute approximate surface area is 192 Å². The van der Waals surface area contributed by atoms with Crippen LogP contribution in [0.1, 0.15) is 45.7 Å². The van der Waals surface area contributed by atoms with E-state index in [1.807, 2.05) is 0 Å². The van der Waals surface area contributed by atoms with Gasteiger partial charge in [-0.25, -0.2) is 4.98 Å². The molecule has 4 rings (SSSR count). The summed E-state index contributed by atoms with van der Waals surface area (Å²) in [6.45, 7) is 2.29. The summed E-state index contributed by atoms with van der Waals surface area (Å²) in [4.78, 5) is 34.2. The van der Waals surface area contributed by atoms with Gasteiger partial charge in [0, 0.05) is 23.6 Å². The quantitative estimate of drug-likeness (QED) is 0.566. The van der Waals surface area contributed by atoms with Crippen LogP contribution in [-0.4, -0.2) is 27.3 Å². The predicted octanol–water partition coefficient (Wildman–Crippen LogP) is 4.81. The number of aromatic amines is 1. The van der Waals surface area contributed by atoms with Gasteiger partial charge in [0.05, 0.1) is 29.4 Å². The second-order valence-corrected chi connectivity index (χ2v) is 8.25. The average molecular weight is 477 g/mol. The van der Waals surface area contributed by atoms with Gasteiger partial charge in [0.1, 0.15) is 0 Å². The number of carbonyl (C=O) groups is 1. The molecule has 10 heteroatoms. The fourth-order valence-corrected chi connectivity index (χ4v) is 3.82. The van der Waals surface area contributed by atoms with Crippen molar-refractivity contribution in [2.24, 2.45) is 0 Å². The predicted molar refractivity (Wildman–Crippen MR) is 118 cm³/mol. The van der Waals surface area contributed by atoms with Crippen LogP contribution in [-0.2, 0) is 19.1 Å². The smallest absolute Gasteiger partial charge is 0.349 e. The molecule has 172 valence electrons. The monoisotopic (exact) mass is 476 g/mol. The van der Waals surface area contributed by atoms with E-state index in [2.05, 4.69) is 15.3 Å². The van der Waals surface area contributed by atoms with E-state index in [1.54, 1.807) is 36.1 Å². The zero-order valence-corrected chi connectivity index (χ0v) is 18.3. The Kier molecular flexibility index (Phi) is 6.16. The van der Waals surface area contributed by atoms with E-state index in [9.17, 15) is 22.8 Å². The van der Waals surface area contributed by atoms with Crippen LogP contribution >= 0.6 is 11.6 Å². The van der Waals surface area contributed by atoms with E-state index in [-0.39, 0.29) is 30.0 Å². The molecule has 1 amide bonds. The minimum Gasteiger partial charge on any atom is -0.349 e. The van der Waals surface area contributed by atoms with Crippen molar-refractivity contribution in [2.45, 2.75) is 32.1 Å². The van der Waals surface area contributed by atoms with Crippen LogP contribution in [0.2, 0.25) is 5.02 Å². The van der Waals surface area contributed by atoms with E-state index >= 15 is 0 Å². The van der Waals surface area contributed by atoms with Crippen LogP contribution in [0.5, 0.6) is 0 Å². The van der Waals surface area contributed by atoms with E-state index in [1.165, 1.54) is 12.1 Å². The normalized spacial score (nSPS) is 14.5. The molecule has 0 spiro atoms. The van der Waals surface area contributed by atoms with E-state index in [0.717, 1.165) is 12.1 Å². The summed E-state index contributed by atoms with van der Waals surface area (Å²) in [5, 5.41) is 3.56. The summed E-state index contributed by atoms with van der Waals surface area (Å²) in [6, 6.07) is 11.0. The number of aromatic nitrogens is 2. The average Bonchev–Trinajstić information content (AvgIpc) is 2.78.